The number of pyridine rings is 1. The highest BCUT2D eigenvalue weighted by Gasteiger charge is 2.24. The van der Waals surface area contributed by atoms with Crippen LogP contribution in [0.25, 0.3) is 0 Å². The van der Waals surface area contributed by atoms with E-state index in [1.165, 1.54) is 0 Å². The number of piperazine rings is 1. The third kappa shape index (κ3) is 2.32. The quantitative estimate of drug-likeness (QED) is 0.754. The van der Waals surface area contributed by atoms with Gasteiger partial charge in [0.2, 0.25) is 0 Å². The van der Waals surface area contributed by atoms with Gasteiger partial charge in [0.25, 0.3) is 0 Å². The molecule has 2 heterocycles. The summed E-state index contributed by atoms with van der Waals surface area (Å²) in [5.74, 6) is 0. The van der Waals surface area contributed by atoms with Crippen LogP contribution < -0.4 is 4.90 Å². The number of hydrogen-bond acceptors (Lipinski definition) is 4. The van der Waals surface area contributed by atoms with E-state index in [0.29, 0.717) is 6.04 Å². The van der Waals surface area contributed by atoms with E-state index in [-0.39, 0.29) is 0 Å². The molecule has 0 amide bonds. The van der Waals surface area contributed by atoms with Gasteiger partial charge in [-0.3, -0.25) is 4.98 Å². The zero-order chi connectivity index (χ0) is 13.3. The molecule has 2 rings (SSSR count). The topological polar surface area (TPSA) is 43.2 Å². The molecule has 1 unspecified atom stereocenters. The monoisotopic (exact) mass is 244 g/mol. The van der Waals surface area contributed by atoms with Crippen LogP contribution in [0.15, 0.2) is 6.07 Å². The summed E-state index contributed by atoms with van der Waals surface area (Å²) in [6.45, 7) is 9.15. The second kappa shape index (κ2) is 4.95. The van der Waals surface area contributed by atoms with E-state index in [2.05, 4.69) is 34.8 Å². The molecule has 0 aromatic carbocycles. The Hall–Kier alpha value is -1.60. The van der Waals surface area contributed by atoms with E-state index in [0.717, 1.165) is 42.3 Å². The Morgan fingerprint density at radius 1 is 1.39 bits per heavy atom. The van der Waals surface area contributed by atoms with Crippen molar-refractivity contribution in [1.82, 2.24) is 9.88 Å². The van der Waals surface area contributed by atoms with Crippen LogP contribution in [0.5, 0.6) is 0 Å². The predicted octanol–water partition coefficient (Wildman–Crippen LogP) is 1.71. The minimum Gasteiger partial charge on any atom is -0.365 e. The van der Waals surface area contributed by atoms with E-state index in [4.69, 9.17) is 0 Å². The molecule has 0 bridgehead atoms. The van der Waals surface area contributed by atoms with Gasteiger partial charge in [0.1, 0.15) is 6.07 Å². The van der Waals surface area contributed by atoms with E-state index in [1.54, 1.807) is 0 Å². The maximum Gasteiger partial charge on any atom is 0.103 e. The lowest BCUT2D eigenvalue weighted by Crippen LogP contribution is -2.50. The fraction of sp³-hybridized carbons (Fsp3) is 0.571. The van der Waals surface area contributed by atoms with Crippen molar-refractivity contribution in [3.8, 4) is 6.07 Å². The second-order valence-corrected chi connectivity index (χ2v) is 5.16. The number of nitriles is 1. The van der Waals surface area contributed by atoms with Gasteiger partial charge in [0.15, 0.2) is 0 Å². The molecule has 0 radical (unpaired) electrons. The average molecular weight is 244 g/mol. The largest absolute Gasteiger partial charge is 0.365 e. The zero-order valence-corrected chi connectivity index (χ0v) is 11.6. The number of aromatic nitrogens is 1. The summed E-state index contributed by atoms with van der Waals surface area (Å²) in [6.07, 6.45) is 0. The summed E-state index contributed by atoms with van der Waals surface area (Å²) < 4.78 is 0. The van der Waals surface area contributed by atoms with Crippen LogP contribution in [-0.2, 0) is 0 Å². The molecule has 4 nitrogen and oxygen atoms in total. The molecule has 18 heavy (non-hydrogen) atoms. The van der Waals surface area contributed by atoms with Crippen molar-refractivity contribution < 1.29 is 0 Å². The normalized spacial score (nSPS) is 20.8. The second-order valence-electron chi connectivity index (χ2n) is 5.16. The third-order valence-electron chi connectivity index (χ3n) is 3.56. The van der Waals surface area contributed by atoms with Crippen molar-refractivity contribution in [2.24, 2.45) is 0 Å². The van der Waals surface area contributed by atoms with Crippen molar-refractivity contribution >= 4 is 5.69 Å². The lowest BCUT2D eigenvalue weighted by Gasteiger charge is -2.40. The number of anilines is 1. The first-order valence-electron chi connectivity index (χ1n) is 6.36. The maximum atomic E-state index is 9.33. The Kier molecular flexibility index (Phi) is 3.53. The Bertz CT molecular complexity index is 489. The molecule has 0 N–H and O–H groups in total. The Morgan fingerprint density at radius 2 is 2.11 bits per heavy atom. The molecular weight excluding hydrogens is 224 g/mol. The molecule has 1 saturated heterocycles. The van der Waals surface area contributed by atoms with Crippen LogP contribution in [0.4, 0.5) is 5.69 Å². The summed E-state index contributed by atoms with van der Waals surface area (Å²) >= 11 is 0. The minimum absolute atomic E-state index is 0.428. The molecule has 1 aliphatic rings. The van der Waals surface area contributed by atoms with Crippen LogP contribution in [0, 0.1) is 25.2 Å². The number of aryl methyl sites for hydroxylation is 2. The highest BCUT2D eigenvalue weighted by atomic mass is 15.3. The van der Waals surface area contributed by atoms with Crippen LogP contribution in [-0.4, -0.2) is 42.6 Å². The number of nitrogens with zero attached hydrogens (tertiary/aromatic N) is 4. The highest BCUT2D eigenvalue weighted by Crippen LogP contribution is 2.26. The summed E-state index contributed by atoms with van der Waals surface area (Å²) in [5, 5.41) is 9.33. The SMILES string of the molecule is Cc1cc(N2CCN(C)CC2C)c(C#N)c(C)n1. The maximum absolute atomic E-state index is 9.33. The minimum atomic E-state index is 0.428. The van der Waals surface area contributed by atoms with Crippen molar-refractivity contribution in [3.05, 3.63) is 23.0 Å². The number of hydrogen-bond donors (Lipinski definition) is 0. The molecule has 0 aliphatic carbocycles. The summed E-state index contributed by atoms with van der Waals surface area (Å²) in [7, 11) is 2.14. The van der Waals surface area contributed by atoms with E-state index >= 15 is 0 Å². The Morgan fingerprint density at radius 3 is 2.72 bits per heavy atom. The number of likely N-dealkylation sites (N-methyl/N-ethyl adjacent to an activating group) is 1. The van der Waals surface area contributed by atoms with Gasteiger partial charge in [-0.25, -0.2) is 0 Å². The molecule has 1 aliphatic heterocycles. The van der Waals surface area contributed by atoms with Gasteiger partial charge in [0, 0.05) is 31.4 Å². The van der Waals surface area contributed by atoms with E-state index < -0.39 is 0 Å². The first-order chi connectivity index (χ1) is 8.52. The summed E-state index contributed by atoms with van der Waals surface area (Å²) in [4.78, 5) is 9.04. The molecule has 0 saturated carbocycles. The molecule has 1 aromatic heterocycles. The molecule has 1 fully saturated rings. The molecule has 1 aromatic rings. The van der Waals surface area contributed by atoms with Crippen LogP contribution in [0.3, 0.4) is 0 Å². The first kappa shape index (κ1) is 12.8. The van der Waals surface area contributed by atoms with Crippen LogP contribution >= 0.6 is 0 Å². The standard InChI is InChI=1S/C14H20N4/c1-10-7-14(13(8-15)12(3)16-10)18-6-5-17(4)9-11(18)2/h7,11H,5-6,9H2,1-4H3. The van der Waals surface area contributed by atoms with Gasteiger partial charge in [-0.05, 0) is 33.9 Å². The first-order valence-corrected chi connectivity index (χ1v) is 6.36. The van der Waals surface area contributed by atoms with Gasteiger partial charge < -0.3 is 9.80 Å². The van der Waals surface area contributed by atoms with E-state index in [9.17, 15) is 5.26 Å². The fourth-order valence-corrected chi connectivity index (χ4v) is 2.67. The van der Waals surface area contributed by atoms with E-state index in [1.807, 2.05) is 19.9 Å². The van der Waals surface area contributed by atoms with Gasteiger partial charge in [-0.1, -0.05) is 0 Å². The molecule has 1 atom stereocenters. The van der Waals surface area contributed by atoms with Crippen molar-refractivity contribution in [2.45, 2.75) is 26.8 Å². The van der Waals surface area contributed by atoms with Crippen LogP contribution in [0.1, 0.15) is 23.9 Å². The predicted molar refractivity (Wildman–Crippen MR) is 72.7 cm³/mol. The number of rotatable bonds is 1. The summed E-state index contributed by atoms with van der Waals surface area (Å²) in [6, 6.07) is 4.77. The lowest BCUT2D eigenvalue weighted by molar-refractivity contribution is 0.275. The van der Waals surface area contributed by atoms with Gasteiger partial charge >= 0.3 is 0 Å². The fourth-order valence-electron chi connectivity index (χ4n) is 2.67. The summed E-state index contributed by atoms with van der Waals surface area (Å²) in [5.41, 5.74) is 3.58. The average Bonchev–Trinajstić information content (AvgIpc) is 2.28. The molecule has 4 heteroatoms. The molecular formula is C14H20N4. The lowest BCUT2D eigenvalue weighted by atomic mass is 10.1. The Balaban J connectivity index is 2.42. The van der Waals surface area contributed by atoms with Crippen molar-refractivity contribution in [3.63, 3.8) is 0 Å². The Labute approximate surface area is 109 Å². The van der Waals surface area contributed by atoms with Gasteiger partial charge in [-0.15, -0.1) is 0 Å². The smallest absolute Gasteiger partial charge is 0.103 e. The zero-order valence-electron chi connectivity index (χ0n) is 11.6. The third-order valence-corrected chi connectivity index (χ3v) is 3.56. The van der Waals surface area contributed by atoms with Crippen LogP contribution in [0.2, 0.25) is 0 Å². The molecule has 96 valence electrons. The highest BCUT2D eigenvalue weighted by molar-refractivity contribution is 5.62. The molecule has 0 spiro atoms. The van der Waals surface area contributed by atoms with Crippen molar-refractivity contribution in [2.75, 3.05) is 31.6 Å². The van der Waals surface area contributed by atoms with Gasteiger partial charge in [0.05, 0.1) is 16.9 Å². The van der Waals surface area contributed by atoms with Crippen molar-refractivity contribution in [1.29, 1.82) is 5.26 Å². The van der Waals surface area contributed by atoms with Gasteiger partial charge in [-0.2, -0.15) is 5.26 Å².